The zero-order valence-electron chi connectivity index (χ0n) is 25.3. The van der Waals surface area contributed by atoms with E-state index in [4.69, 9.17) is 4.98 Å². The minimum atomic E-state index is -3.02. The fraction of sp³-hybridized carbons (Fsp3) is 0.438. The predicted octanol–water partition coefficient (Wildman–Crippen LogP) is 2.43. The molecule has 0 saturated carbocycles. The van der Waals surface area contributed by atoms with Crippen LogP contribution in [0.15, 0.2) is 60.7 Å². The van der Waals surface area contributed by atoms with E-state index in [1.54, 1.807) is 6.92 Å². The SMILES string of the molecule is C=C(CN1CCS(=O)(=O)CC1)C(=O)NCC(Cc1ccccc1)NC(=O)[C@H](Cc1nc2ccc(CC)cc2s1)NC(=O)CC. The van der Waals surface area contributed by atoms with Crippen LogP contribution < -0.4 is 16.0 Å². The number of nitrogens with zero attached hydrogens (tertiary/aromatic N) is 2. The third kappa shape index (κ3) is 9.70. The van der Waals surface area contributed by atoms with E-state index >= 15 is 0 Å². The second-order valence-electron chi connectivity index (χ2n) is 11.1. The van der Waals surface area contributed by atoms with Gasteiger partial charge in [-0.15, -0.1) is 11.3 Å². The lowest BCUT2D eigenvalue weighted by Crippen LogP contribution is -2.53. The number of hydrogen-bond donors (Lipinski definition) is 3. The minimum Gasteiger partial charge on any atom is -0.350 e. The maximum atomic E-state index is 13.7. The highest BCUT2D eigenvalue weighted by Gasteiger charge is 2.26. The van der Waals surface area contributed by atoms with Crippen molar-refractivity contribution in [2.24, 2.45) is 0 Å². The summed E-state index contributed by atoms with van der Waals surface area (Å²) in [4.78, 5) is 45.7. The lowest BCUT2D eigenvalue weighted by Gasteiger charge is -2.27. The Morgan fingerprint density at radius 3 is 2.41 bits per heavy atom. The normalized spacial score (nSPS) is 16.1. The van der Waals surface area contributed by atoms with Crippen LogP contribution in [0.2, 0.25) is 0 Å². The van der Waals surface area contributed by atoms with Crippen LogP contribution in [0.5, 0.6) is 0 Å². The monoisotopic (exact) mass is 639 g/mol. The summed E-state index contributed by atoms with van der Waals surface area (Å²) in [7, 11) is -3.02. The van der Waals surface area contributed by atoms with E-state index in [0.29, 0.717) is 25.1 Å². The first-order chi connectivity index (χ1) is 21.0. The van der Waals surface area contributed by atoms with Gasteiger partial charge in [-0.25, -0.2) is 13.4 Å². The van der Waals surface area contributed by atoms with Gasteiger partial charge in [0.1, 0.15) is 6.04 Å². The molecule has 1 saturated heterocycles. The van der Waals surface area contributed by atoms with Crippen molar-refractivity contribution >= 4 is 49.1 Å². The van der Waals surface area contributed by atoms with Gasteiger partial charge in [0, 0.05) is 44.6 Å². The van der Waals surface area contributed by atoms with Gasteiger partial charge in [-0.2, -0.15) is 0 Å². The van der Waals surface area contributed by atoms with Gasteiger partial charge in [0.2, 0.25) is 17.7 Å². The Bertz CT molecular complexity index is 1570. The molecule has 0 aliphatic carbocycles. The molecule has 3 amide bonds. The van der Waals surface area contributed by atoms with Crippen molar-refractivity contribution in [2.75, 3.05) is 37.7 Å². The molecule has 10 nitrogen and oxygen atoms in total. The molecule has 2 aromatic carbocycles. The van der Waals surface area contributed by atoms with Crippen LogP contribution in [0.4, 0.5) is 0 Å². The van der Waals surface area contributed by atoms with E-state index in [9.17, 15) is 22.8 Å². The number of thiazole rings is 1. The standard InChI is InChI=1S/C32H41N5O5S2/c1-4-23-11-12-26-28(18-23)43-30(36-26)19-27(35-29(38)5-2)32(40)34-25(17-24-9-7-6-8-10-24)20-33-31(39)22(3)21-37-13-15-44(41,42)16-14-37/h6-12,18,25,27H,3-5,13-17,19-21H2,1-2H3,(H,33,39)(H,34,40)(H,35,38)/t25?,27-/m0/s1. The largest absolute Gasteiger partial charge is 0.350 e. The van der Waals surface area contributed by atoms with Crippen LogP contribution in [0.1, 0.15) is 36.4 Å². The number of aromatic nitrogens is 1. The van der Waals surface area contributed by atoms with E-state index < -0.39 is 21.9 Å². The Morgan fingerprint density at radius 1 is 1.00 bits per heavy atom. The average Bonchev–Trinajstić information content (AvgIpc) is 3.42. The number of carbonyl (C=O) groups excluding carboxylic acids is 3. The third-order valence-corrected chi connectivity index (χ3v) is 10.3. The highest BCUT2D eigenvalue weighted by atomic mass is 32.2. The van der Waals surface area contributed by atoms with E-state index in [0.717, 1.165) is 27.2 Å². The van der Waals surface area contributed by atoms with Crippen molar-refractivity contribution in [2.45, 2.75) is 51.6 Å². The van der Waals surface area contributed by atoms with Gasteiger partial charge in [0.05, 0.1) is 32.8 Å². The van der Waals surface area contributed by atoms with Crippen molar-refractivity contribution in [3.8, 4) is 0 Å². The summed E-state index contributed by atoms with van der Waals surface area (Å²) < 4.78 is 24.5. The molecule has 1 aromatic heterocycles. The molecule has 0 bridgehead atoms. The second kappa shape index (κ2) is 15.4. The van der Waals surface area contributed by atoms with E-state index in [-0.39, 0.29) is 55.2 Å². The number of hydrogen-bond acceptors (Lipinski definition) is 8. The van der Waals surface area contributed by atoms with Gasteiger partial charge in [0.25, 0.3) is 0 Å². The quantitative estimate of drug-likeness (QED) is 0.231. The van der Waals surface area contributed by atoms with Gasteiger partial charge in [-0.1, -0.05) is 56.8 Å². The summed E-state index contributed by atoms with van der Waals surface area (Å²) in [6, 6.07) is 14.5. The molecule has 1 aliphatic rings. The fourth-order valence-electron chi connectivity index (χ4n) is 4.97. The zero-order chi connectivity index (χ0) is 31.7. The molecule has 3 aromatic rings. The van der Waals surface area contributed by atoms with E-state index in [1.165, 1.54) is 16.9 Å². The predicted molar refractivity (Wildman–Crippen MR) is 174 cm³/mol. The second-order valence-corrected chi connectivity index (χ2v) is 14.5. The summed E-state index contributed by atoms with van der Waals surface area (Å²) in [5, 5.41) is 9.54. The molecular weight excluding hydrogens is 599 g/mol. The zero-order valence-corrected chi connectivity index (χ0v) is 26.9. The summed E-state index contributed by atoms with van der Waals surface area (Å²) in [6.07, 6.45) is 1.85. The van der Waals surface area contributed by atoms with Crippen LogP contribution >= 0.6 is 11.3 Å². The third-order valence-electron chi connectivity index (χ3n) is 7.61. The topological polar surface area (TPSA) is 138 Å². The Morgan fingerprint density at radius 2 is 1.73 bits per heavy atom. The molecule has 4 rings (SSSR count). The number of aryl methyl sites for hydroxylation is 1. The Kier molecular flexibility index (Phi) is 11.7. The van der Waals surface area contributed by atoms with E-state index in [1.807, 2.05) is 47.4 Å². The number of benzene rings is 2. The molecule has 2 atom stereocenters. The summed E-state index contributed by atoms with van der Waals surface area (Å²) >= 11 is 1.51. The molecule has 0 radical (unpaired) electrons. The fourth-order valence-corrected chi connectivity index (χ4v) is 7.32. The molecular formula is C32H41N5O5S2. The molecule has 3 N–H and O–H groups in total. The van der Waals surface area contributed by atoms with Crippen LogP contribution in [0.25, 0.3) is 10.2 Å². The lowest BCUT2D eigenvalue weighted by atomic mass is 10.0. The van der Waals surface area contributed by atoms with Crippen LogP contribution in [-0.4, -0.2) is 85.8 Å². The van der Waals surface area contributed by atoms with Crippen LogP contribution in [-0.2, 0) is 43.5 Å². The molecule has 1 aliphatic heterocycles. The van der Waals surface area contributed by atoms with Crippen molar-refractivity contribution in [1.29, 1.82) is 0 Å². The van der Waals surface area contributed by atoms with Crippen LogP contribution in [0, 0.1) is 0 Å². The number of carbonyl (C=O) groups is 3. The molecule has 12 heteroatoms. The molecule has 1 unspecified atom stereocenters. The number of rotatable bonds is 14. The number of fused-ring (bicyclic) bond motifs is 1. The van der Waals surface area contributed by atoms with Crippen molar-refractivity contribution in [3.05, 3.63) is 76.8 Å². The molecule has 236 valence electrons. The van der Waals surface area contributed by atoms with Crippen LogP contribution in [0.3, 0.4) is 0 Å². The lowest BCUT2D eigenvalue weighted by molar-refractivity contribution is -0.129. The average molecular weight is 640 g/mol. The Labute approximate surface area is 263 Å². The highest BCUT2D eigenvalue weighted by Crippen LogP contribution is 2.24. The van der Waals surface area contributed by atoms with Gasteiger partial charge >= 0.3 is 0 Å². The highest BCUT2D eigenvalue weighted by molar-refractivity contribution is 7.91. The molecule has 44 heavy (non-hydrogen) atoms. The summed E-state index contributed by atoms with van der Waals surface area (Å²) in [5.74, 6) is -0.820. The first-order valence-electron chi connectivity index (χ1n) is 15.0. The van der Waals surface area contributed by atoms with Gasteiger partial charge < -0.3 is 16.0 Å². The smallest absolute Gasteiger partial charge is 0.247 e. The Hall–Kier alpha value is -3.61. The van der Waals surface area contributed by atoms with Gasteiger partial charge in [-0.3, -0.25) is 19.3 Å². The van der Waals surface area contributed by atoms with Gasteiger partial charge in [0.15, 0.2) is 9.84 Å². The van der Waals surface area contributed by atoms with E-state index in [2.05, 4.69) is 35.5 Å². The molecule has 2 heterocycles. The maximum absolute atomic E-state index is 13.7. The van der Waals surface area contributed by atoms with Crippen molar-refractivity contribution < 1.29 is 22.8 Å². The number of amides is 3. The maximum Gasteiger partial charge on any atom is 0.247 e. The number of nitrogens with one attached hydrogen (secondary N) is 3. The Balaban J connectivity index is 1.44. The first-order valence-corrected chi connectivity index (χ1v) is 17.6. The first kappa shape index (κ1) is 33.3. The summed E-state index contributed by atoms with van der Waals surface area (Å²) in [6.45, 7) is 8.87. The van der Waals surface area contributed by atoms with Crippen molar-refractivity contribution in [3.63, 3.8) is 0 Å². The molecule has 0 spiro atoms. The summed E-state index contributed by atoms with van der Waals surface area (Å²) in [5.41, 5.74) is 3.37. The van der Waals surface area contributed by atoms with Gasteiger partial charge in [-0.05, 0) is 36.1 Å². The number of sulfone groups is 1. The minimum absolute atomic E-state index is 0.0691. The molecule has 1 fully saturated rings. The van der Waals surface area contributed by atoms with Crippen molar-refractivity contribution in [1.82, 2.24) is 25.8 Å².